The maximum Gasteiger partial charge on any atom is 1.00 e. The standard InChI is InChI=1S/C11H15NO2.Na/c1-12(8-7-11(13)14)9-10-5-3-2-4-6-10;/h2-6H,7-9H2,1H3,(H,13,14);/q;+1/p-1. The van der Waals surface area contributed by atoms with Crippen molar-refractivity contribution in [1.29, 1.82) is 0 Å². The summed E-state index contributed by atoms with van der Waals surface area (Å²) < 4.78 is 0. The maximum absolute atomic E-state index is 10.2. The van der Waals surface area contributed by atoms with Gasteiger partial charge in [-0.15, -0.1) is 0 Å². The Morgan fingerprint density at radius 2 is 1.93 bits per heavy atom. The molecule has 0 amide bonds. The minimum Gasteiger partial charge on any atom is -0.550 e. The Bertz CT molecular complexity index is 290. The molecule has 0 fully saturated rings. The fourth-order valence-electron chi connectivity index (χ4n) is 1.26. The van der Waals surface area contributed by atoms with E-state index in [2.05, 4.69) is 0 Å². The molecule has 0 aliphatic rings. The van der Waals surface area contributed by atoms with Gasteiger partial charge in [0.2, 0.25) is 0 Å². The molecule has 0 saturated carbocycles. The van der Waals surface area contributed by atoms with Crippen molar-refractivity contribution in [2.75, 3.05) is 13.6 Å². The van der Waals surface area contributed by atoms with Crippen LogP contribution in [0, 0.1) is 0 Å². The van der Waals surface area contributed by atoms with Crippen molar-refractivity contribution in [2.45, 2.75) is 13.0 Å². The van der Waals surface area contributed by atoms with Crippen LogP contribution >= 0.6 is 0 Å². The van der Waals surface area contributed by atoms with Crippen LogP contribution in [0.2, 0.25) is 0 Å². The molecule has 0 atom stereocenters. The molecule has 0 unspecified atom stereocenters. The summed E-state index contributed by atoms with van der Waals surface area (Å²) in [6.07, 6.45) is 0.0866. The van der Waals surface area contributed by atoms with Crippen LogP contribution in [0.5, 0.6) is 0 Å². The molecule has 0 N–H and O–H groups in total. The van der Waals surface area contributed by atoms with Crippen molar-refractivity contribution in [3.8, 4) is 0 Å². The zero-order valence-electron chi connectivity index (χ0n) is 9.27. The number of benzene rings is 1. The first kappa shape index (κ1) is 14.6. The third-order valence-electron chi connectivity index (χ3n) is 1.99. The number of carbonyl (C=O) groups is 1. The van der Waals surface area contributed by atoms with Crippen molar-refractivity contribution in [3.63, 3.8) is 0 Å². The SMILES string of the molecule is CN(CCC(=O)[O-])Cc1ccccc1.[Na+]. The van der Waals surface area contributed by atoms with Gasteiger partial charge in [0.1, 0.15) is 0 Å². The average molecular weight is 215 g/mol. The van der Waals surface area contributed by atoms with E-state index in [1.807, 2.05) is 42.3 Å². The molecule has 1 rings (SSSR count). The maximum atomic E-state index is 10.2. The van der Waals surface area contributed by atoms with E-state index in [0.29, 0.717) is 6.54 Å². The average Bonchev–Trinajstić information content (AvgIpc) is 2.16. The van der Waals surface area contributed by atoms with Crippen LogP contribution in [-0.4, -0.2) is 24.5 Å². The summed E-state index contributed by atoms with van der Waals surface area (Å²) in [4.78, 5) is 12.2. The van der Waals surface area contributed by atoms with Crippen LogP contribution in [0.25, 0.3) is 0 Å². The smallest absolute Gasteiger partial charge is 0.550 e. The second kappa shape index (κ2) is 7.88. The molecular weight excluding hydrogens is 201 g/mol. The second-order valence-electron chi connectivity index (χ2n) is 3.35. The van der Waals surface area contributed by atoms with Gasteiger partial charge in [0.15, 0.2) is 0 Å². The molecule has 15 heavy (non-hydrogen) atoms. The number of nitrogens with zero attached hydrogens (tertiary/aromatic N) is 1. The van der Waals surface area contributed by atoms with E-state index in [4.69, 9.17) is 0 Å². The van der Waals surface area contributed by atoms with Crippen molar-refractivity contribution < 1.29 is 39.5 Å². The van der Waals surface area contributed by atoms with Gasteiger partial charge in [-0.25, -0.2) is 0 Å². The van der Waals surface area contributed by atoms with E-state index in [1.165, 1.54) is 5.56 Å². The van der Waals surface area contributed by atoms with Gasteiger partial charge in [-0.2, -0.15) is 0 Å². The van der Waals surface area contributed by atoms with Gasteiger partial charge in [0.25, 0.3) is 0 Å². The molecule has 0 spiro atoms. The fourth-order valence-corrected chi connectivity index (χ4v) is 1.26. The van der Waals surface area contributed by atoms with E-state index in [-0.39, 0.29) is 36.0 Å². The van der Waals surface area contributed by atoms with Crippen molar-refractivity contribution in [3.05, 3.63) is 35.9 Å². The van der Waals surface area contributed by atoms with E-state index in [9.17, 15) is 9.90 Å². The first-order chi connectivity index (χ1) is 6.68. The summed E-state index contributed by atoms with van der Waals surface area (Å²) in [6.45, 7) is 1.30. The molecule has 0 aliphatic carbocycles. The zero-order chi connectivity index (χ0) is 10.4. The Labute approximate surface area is 112 Å². The van der Waals surface area contributed by atoms with Crippen LogP contribution in [0.3, 0.4) is 0 Å². The van der Waals surface area contributed by atoms with Crippen LogP contribution in [0.1, 0.15) is 12.0 Å². The Kier molecular flexibility index (Phi) is 7.70. The van der Waals surface area contributed by atoms with E-state index < -0.39 is 5.97 Å². The predicted octanol–water partition coefficient (Wildman–Crippen LogP) is -2.74. The summed E-state index contributed by atoms with van der Waals surface area (Å²) in [5.41, 5.74) is 1.19. The molecule has 0 aromatic heterocycles. The van der Waals surface area contributed by atoms with E-state index >= 15 is 0 Å². The van der Waals surface area contributed by atoms with Gasteiger partial charge in [0.05, 0.1) is 0 Å². The van der Waals surface area contributed by atoms with Crippen molar-refractivity contribution in [1.82, 2.24) is 4.90 Å². The van der Waals surface area contributed by atoms with Crippen LogP contribution in [0.15, 0.2) is 30.3 Å². The number of carbonyl (C=O) groups excluding carboxylic acids is 1. The normalized spacial score (nSPS) is 9.73. The third-order valence-corrected chi connectivity index (χ3v) is 1.99. The van der Waals surface area contributed by atoms with E-state index in [1.54, 1.807) is 0 Å². The predicted molar refractivity (Wildman–Crippen MR) is 52.4 cm³/mol. The van der Waals surface area contributed by atoms with Gasteiger partial charge in [-0.05, 0) is 19.0 Å². The summed E-state index contributed by atoms with van der Waals surface area (Å²) in [5, 5.41) is 10.2. The molecule has 4 heteroatoms. The van der Waals surface area contributed by atoms with Gasteiger partial charge in [-0.1, -0.05) is 30.3 Å². The van der Waals surface area contributed by atoms with Crippen LogP contribution in [0.4, 0.5) is 0 Å². The molecule has 0 radical (unpaired) electrons. The minimum absolute atomic E-state index is 0. The number of carboxylic acids is 1. The summed E-state index contributed by atoms with van der Waals surface area (Å²) >= 11 is 0. The number of hydrogen-bond donors (Lipinski definition) is 0. The number of aliphatic carboxylic acids is 1. The number of rotatable bonds is 5. The second-order valence-corrected chi connectivity index (χ2v) is 3.35. The molecule has 1 aromatic rings. The zero-order valence-corrected chi connectivity index (χ0v) is 11.3. The Hall–Kier alpha value is -0.350. The van der Waals surface area contributed by atoms with Crippen molar-refractivity contribution >= 4 is 5.97 Å². The summed E-state index contributed by atoms with van der Waals surface area (Å²) in [7, 11) is 1.90. The quantitative estimate of drug-likeness (QED) is 0.501. The topological polar surface area (TPSA) is 43.4 Å². The van der Waals surface area contributed by atoms with E-state index in [0.717, 1.165) is 6.54 Å². The molecule has 0 saturated heterocycles. The van der Waals surface area contributed by atoms with Gasteiger partial charge in [0, 0.05) is 19.1 Å². The first-order valence-electron chi connectivity index (χ1n) is 4.61. The van der Waals surface area contributed by atoms with Crippen molar-refractivity contribution in [2.24, 2.45) is 0 Å². The largest absolute Gasteiger partial charge is 1.00 e. The van der Waals surface area contributed by atoms with Gasteiger partial charge in [-0.3, -0.25) is 0 Å². The molecule has 0 heterocycles. The van der Waals surface area contributed by atoms with Crippen LogP contribution in [-0.2, 0) is 11.3 Å². The van der Waals surface area contributed by atoms with Crippen LogP contribution < -0.4 is 34.7 Å². The Morgan fingerprint density at radius 1 is 1.33 bits per heavy atom. The summed E-state index contributed by atoms with van der Waals surface area (Å²) in [5.74, 6) is -0.995. The Balaban J connectivity index is 0.00000196. The monoisotopic (exact) mass is 215 g/mol. The number of carboxylic acid groups (broad SMARTS) is 1. The molecule has 3 nitrogen and oxygen atoms in total. The molecule has 76 valence electrons. The van der Waals surface area contributed by atoms with Gasteiger partial charge >= 0.3 is 29.6 Å². The fraction of sp³-hybridized carbons (Fsp3) is 0.364. The molecule has 0 aliphatic heterocycles. The first-order valence-corrected chi connectivity index (χ1v) is 4.61. The Morgan fingerprint density at radius 3 is 2.47 bits per heavy atom. The summed E-state index contributed by atoms with van der Waals surface area (Å²) in [6, 6.07) is 9.96. The van der Waals surface area contributed by atoms with Gasteiger partial charge < -0.3 is 14.8 Å². The third kappa shape index (κ3) is 6.68. The molecule has 1 aromatic carbocycles. The molecular formula is C11H14NNaO2. The molecule has 0 bridgehead atoms. The minimum atomic E-state index is -0.995. The number of hydrogen-bond acceptors (Lipinski definition) is 3.